The van der Waals surface area contributed by atoms with Gasteiger partial charge in [-0.1, -0.05) is 119 Å². The Kier molecular flexibility index (Phi) is 14.0. The van der Waals surface area contributed by atoms with E-state index in [9.17, 15) is 19.5 Å². The van der Waals surface area contributed by atoms with Crippen LogP contribution in [0.15, 0.2) is 120 Å². The summed E-state index contributed by atoms with van der Waals surface area (Å²) in [5.74, 6) is -0.112. The van der Waals surface area contributed by atoms with E-state index in [1.165, 1.54) is 5.56 Å². The number of pyridine rings is 1. The molecule has 5 aromatic rings. The van der Waals surface area contributed by atoms with Crippen LogP contribution in [-0.4, -0.2) is 40.9 Å². The zero-order chi connectivity index (χ0) is 40.4. The van der Waals surface area contributed by atoms with Crippen molar-refractivity contribution in [3.05, 3.63) is 165 Å². The maximum Gasteiger partial charge on any atom is 0.274 e. The molecule has 0 aliphatic rings. The van der Waals surface area contributed by atoms with Crippen molar-refractivity contribution in [2.45, 2.75) is 91.2 Å². The Morgan fingerprint density at radius 1 is 0.768 bits per heavy atom. The Bertz CT molecular complexity index is 2110. The summed E-state index contributed by atoms with van der Waals surface area (Å²) in [5, 5.41) is 16.9. The monoisotopic (exact) mass is 757 g/mol. The number of ether oxygens (including phenoxy) is 2. The lowest BCUT2D eigenvalue weighted by atomic mass is 9.83. The molecule has 1 unspecified atom stereocenters. The first kappa shape index (κ1) is 41.6. The van der Waals surface area contributed by atoms with Crippen molar-refractivity contribution in [3.8, 4) is 5.75 Å². The van der Waals surface area contributed by atoms with Crippen molar-refractivity contribution in [3.63, 3.8) is 0 Å². The van der Waals surface area contributed by atoms with Crippen molar-refractivity contribution in [1.82, 2.24) is 9.88 Å². The van der Waals surface area contributed by atoms with Crippen molar-refractivity contribution < 1.29 is 24.2 Å². The van der Waals surface area contributed by atoms with Gasteiger partial charge in [0.25, 0.3) is 5.56 Å². The lowest BCUT2D eigenvalue weighted by molar-refractivity contribution is -0.146. The molecule has 0 aliphatic heterocycles. The number of benzene rings is 4. The molecule has 0 aliphatic carbocycles. The van der Waals surface area contributed by atoms with Gasteiger partial charge in [-0.15, -0.1) is 0 Å². The zero-order valence-electron chi connectivity index (χ0n) is 33.5. The second-order valence-electron chi connectivity index (χ2n) is 15.5. The van der Waals surface area contributed by atoms with E-state index in [4.69, 9.17) is 9.47 Å². The number of anilines is 1. The van der Waals surface area contributed by atoms with Crippen LogP contribution in [0, 0.1) is 12.8 Å². The highest BCUT2D eigenvalue weighted by molar-refractivity contribution is 5.98. The Balaban J connectivity index is 1.36. The van der Waals surface area contributed by atoms with Gasteiger partial charge in [0.15, 0.2) is 6.29 Å². The van der Waals surface area contributed by atoms with Gasteiger partial charge in [0.2, 0.25) is 11.8 Å². The highest BCUT2D eigenvalue weighted by atomic mass is 16.6. The maximum atomic E-state index is 14.2. The standard InChI is InChI=1S/C47H55N3O6/c1-31(2)27-34-13-19-38(20-14-34)33(4)43(51)48-41(28-35-15-21-39(22-16-35)47(5,6)46(54)56-30-37-11-9-8-10-12-37)44(52)49-42-32(3)25-26-50(45(42)53)29-36-17-23-40(55-7)24-18-36/h8-26,31,33,41,46,54H,27-30H2,1-7H3,(H,48,51)(H,49,52)/t33-,41-,46?/m0/s1. The number of rotatable bonds is 17. The van der Waals surface area contributed by atoms with Crippen molar-refractivity contribution in [1.29, 1.82) is 0 Å². The fraction of sp³-hybridized carbons (Fsp3) is 0.340. The highest BCUT2D eigenvalue weighted by Gasteiger charge is 2.31. The molecule has 0 spiro atoms. The summed E-state index contributed by atoms with van der Waals surface area (Å²) < 4.78 is 12.7. The summed E-state index contributed by atoms with van der Waals surface area (Å²) in [4.78, 5) is 41.8. The van der Waals surface area contributed by atoms with E-state index in [1.54, 1.807) is 30.9 Å². The second-order valence-corrected chi connectivity index (χ2v) is 15.5. The zero-order valence-corrected chi connectivity index (χ0v) is 33.5. The lowest BCUT2D eigenvalue weighted by Crippen LogP contribution is -2.47. The number of aryl methyl sites for hydroxylation is 1. The van der Waals surface area contributed by atoms with Gasteiger partial charge in [-0.05, 0) is 83.3 Å². The summed E-state index contributed by atoms with van der Waals surface area (Å²) in [6.45, 7) is 12.3. The van der Waals surface area contributed by atoms with Crippen LogP contribution in [0.3, 0.4) is 0 Å². The third-order valence-corrected chi connectivity index (χ3v) is 10.3. The van der Waals surface area contributed by atoms with Crippen LogP contribution >= 0.6 is 0 Å². The minimum Gasteiger partial charge on any atom is -0.497 e. The second kappa shape index (κ2) is 18.9. The van der Waals surface area contributed by atoms with E-state index in [1.807, 2.05) is 124 Å². The van der Waals surface area contributed by atoms with Gasteiger partial charge in [0.1, 0.15) is 17.5 Å². The molecule has 294 valence electrons. The number of nitrogens with one attached hydrogen (secondary N) is 2. The van der Waals surface area contributed by atoms with E-state index in [0.717, 1.165) is 34.2 Å². The molecule has 0 saturated heterocycles. The molecule has 0 fully saturated rings. The molecule has 1 aromatic heterocycles. The number of aromatic nitrogens is 1. The van der Waals surface area contributed by atoms with Gasteiger partial charge in [-0.25, -0.2) is 0 Å². The lowest BCUT2D eigenvalue weighted by Gasteiger charge is -2.31. The van der Waals surface area contributed by atoms with Crippen LogP contribution in [0.5, 0.6) is 5.75 Å². The van der Waals surface area contributed by atoms with Gasteiger partial charge >= 0.3 is 0 Å². The molecular weight excluding hydrogens is 703 g/mol. The Labute approximate surface area is 330 Å². The van der Waals surface area contributed by atoms with Crippen LogP contribution in [0.4, 0.5) is 5.69 Å². The normalized spacial score (nSPS) is 13.2. The number of amides is 2. The number of aliphatic hydroxyl groups excluding tert-OH is 1. The summed E-state index contributed by atoms with van der Waals surface area (Å²) >= 11 is 0. The fourth-order valence-electron chi connectivity index (χ4n) is 6.56. The molecule has 56 heavy (non-hydrogen) atoms. The average molecular weight is 758 g/mol. The molecule has 0 saturated carbocycles. The number of methoxy groups -OCH3 is 1. The quantitative estimate of drug-likeness (QED) is 0.0838. The van der Waals surface area contributed by atoms with Gasteiger partial charge in [0.05, 0.1) is 26.2 Å². The molecule has 3 N–H and O–H groups in total. The van der Waals surface area contributed by atoms with Gasteiger partial charge in [-0.3, -0.25) is 14.4 Å². The molecule has 3 atom stereocenters. The number of carbonyl (C=O) groups excluding carboxylic acids is 2. The van der Waals surface area contributed by atoms with E-state index in [-0.39, 0.29) is 30.2 Å². The predicted octanol–water partition coefficient (Wildman–Crippen LogP) is 7.69. The number of carbonyl (C=O) groups is 2. The maximum absolute atomic E-state index is 14.2. The molecule has 5 rings (SSSR count). The summed E-state index contributed by atoms with van der Waals surface area (Å²) in [6, 6.07) is 33.5. The van der Waals surface area contributed by atoms with Crippen molar-refractivity contribution in [2.24, 2.45) is 5.92 Å². The fourth-order valence-corrected chi connectivity index (χ4v) is 6.56. The minimum atomic E-state index is -1.07. The molecule has 1 heterocycles. The van der Waals surface area contributed by atoms with E-state index in [0.29, 0.717) is 23.8 Å². The SMILES string of the molecule is COc1ccc(Cn2ccc(C)c(NC(=O)[C@H](Cc3ccc(C(C)(C)C(O)OCc4ccccc4)cc3)NC(=O)[C@@H](C)c3ccc(CC(C)C)cc3)c2=O)cc1. The molecule has 4 aromatic carbocycles. The molecule has 0 bridgehead atoms. The van der Waals surface area contributed by atoms with Gasteiger partial charge < -0.3 is 29.8 Å². The van der Waals surface area contributed by atoms with Crippen LogP contribution in [0.25, 0.3) is 0 Å². The van der Waals surface area contributed by atoms with E-state index < -0.39 is 29.6 Å². The molecule has 9 heteroatoms. The Morgan fingerprint density at radius 2 is 1.38 bits per heavy atom. The molecule has 2 amide bonds. The molecule has 0 radical (unpaired) electrons. The largest absolute Gasteiger partial charge is 0.497 e. The van der Waals surface area contributed by atoms with Crippen molar-refractivity contribution in [2.75, 3.05) is 12.4 Å². The summed E-state index contributed by atoms with van der Waals surface area (Å²) in [5.41, 5.74) is 5.20. The topological polar surface area (TPSA) is 119 Å². The Morgan fingerprint density at radius 3 is 2.00 bits per heavy atom. The first-order valence-corrected chi connectivity index (χ1v) is 19.2. The van der Waals surface area contributed by atoms with Gasteiger partial charge in [0, 0.05) is 18.0 Å². The third kappa shape index (κ3) is 10.8. The first-order chi connectivity index (χ1) is 26.7. The minimum absolute atomic E-state index is 0.153. The molecule has 9 nitrogen and oxygen atoms in total. The predicted molar refractivity (Wildman–Crippen MR) is 222 cm³/mol. The molecular formula is C47H55N3O6. The summed E-state index contributed by atoms with van der Waals surface area (Å²) in [6.07, 6.45) is 1.74. The van der Waals surface area contributed by atoms with E-state index in [2.05, 4.69) is 24.5 Å². The smallest absolute Gasteiger partial charge is 0.274 e. The van der Waals surface area contributed by atoms with Crippen LogP contribution in [-0.2, 0) is 45.7 Å². The number of aliphatic hydroxyl groups is 1. The number of hydrogen-bond donors (Lipinski definition) is 3. The van der Waals surface area contributed by atoms with E-state index >= 15 is 0 Å². The summed E-state index contributed by atoms with van der Waals surface area (Å²) in [7, 11) is 1.60. The first-order valence-electron chi connectivity index (χ1n) is 19.2. The van der Waals surface area contributed by atoms with Gasteiger partial charge in [-0.2, -0.15) is 0 Å². The highest BCUT2D eigenvalue weighted by Crippen LogP contribution is 2.29. The average Bonchev–Trinajstić information content (AvgIpc) is 3.19. The van der Waals surface area contributed by atoms with Crippen molar-refractivity contribution >= 4 is 17.5 Å². The third-order valence-electron chi connectivity index (χ3n) is 10.3. The number of hydrogen-bond acceptors (Lipinski definition) is 6. The van der Waals surface area contributed by atoms with Crippen LogP contribution < -0.4 is 20.9 Å². The Hall–Kier alpha value is -5.51. The van der Waals surface area contributed by atoms with Crippen LogP contribution in [0.2, 0.25) is 0 Å². The number of nitrogens with zero attached hydrogens (tertiary/aromatic N) is 1. The van der Waals surface area contributed by atoms with Crippen LogP contribution in [0.1, 0.15) is 79.5 Å².